The Morgan fingerprint density at radius 2 is 1.89 bits per heavy atom. The molecule has 0 aliphatic carbocycles. The van der Waals surface area contributed by atoms with Crippen molar-refractivity contribution in [2.45, 2.75) is 6.92 Å². The second-order valence-corrected chi connectivity index (χ2v) is 4.51. The molecule has 3 nitrogen and oxygen atoms in total. The first-order valence-corrected chi connectivity index (χ1v) is 6.05. The molecule has 0 saturated heterocycles. The average molecular weight is 271 g/mol. The first-order chi connectivity index (χ1) is 9.10. The van der Waals surface area contributed by atoms with Gasteiger partial charge in [0.15, 0.2) is 0 Å². The van der Waals surface area contributed by atoms with E-state index in [4.69, 9.17) is 16.9 Å². The number of anilines is 1. The fraction of sp³-hybridized carbons (Fsp3) is 0.0667. The molecule has 0 aromatic heterocycles. The van der Waals surface area contributed by atoms with Crippen LogP contribution >= 0.6 is 11.6 Å². The van der Waals surface area contributed by atoms with Gasteiger partial charge in [0.25, 0.3) is 5.91 Å². The Kier molecular flexibility index (Phi) is 3.84. The number of rotatable bonds is 2. The number of nitriles is 1. The van der Waals surface area contributed by atoms with Gasteiger partial charge in [0, 0.05) is 16.3 Å². The summed E-state index contributed by atoms with van der Waals surface area (Å²) in [5.41, 5.74) is 2.61. The molecule has 2 aromatic rings. The summed E-state index contributed by atoms with van der Waals surface area (Å²) in [7, 11) is 0. The maximum Gasteiger partial charge on any atom is 0.255 e. The number of amides is 1. The normalized spacial score (nSPS) is 9.74. The standard InChI is InChI=1S/C15H11ClN2O/c1-10-8-12(4-7-14(10)16)15(19)18-13-5-2-11(9-17)3-6-13/h2-8H,1H3,(H,18,19). The number of aryl methyl sites for hydroxylation is 1. The van der Waals surface area contributed by atoms with Gasteiger partial charge in [0.05, 0.1) is 11.6 Å². The van der Waals surface area contributed by atoms with Gasteiger partial charge >= 0.3 is 0 Å². The molecular formula is C15H11ClN2O. The molecule has 0 fully saturated rings. The van der Waals surface area contributed by atoms with Crippen LogP contribution in [0.4, 0.5) is 5.69 Å². The van der Waals surface area contributed by atoms with Crippen LogP contribution in [0, 0.1) is 18.3 Å². The van der Waals surface area contributed by atoms with E-state index in [9.17, 15) is 4.79 Å². The van der Waals surface area contributed by atoms with E-state index in [1.165, 1.54) is 0 Å². The molecule has 0 aliphatic rings. The summed E-state index contributed by atoms with van der Waals surface area (Å²) >= 11 is 5.92. The van der Waals surface area contributed by atoms with Crippen molar-refractivity contribution in [3.8, 4) is 6.07 Å². The van der Waals surface area contributed by atoms with Crippen LogP contribution in [0.2, 0.25) is 5.02 Å². The number of carbonyl (C=O) groups is 1. The number of halogens is 1. The first-order valence-electron chi connectivity index (χ1n) is 5.68. The molecule has 0 atom stereocenters. The number of benzene rings is 2. The highest BCUT2D eigenvalue weighted by atomic mass is 35.5. The van der Waals surface area contributed by atoms with E-state index in [0.717, 1.165) is 5.56 Å². The van der Waals surface area contributed by atoms with Crippen molar-refractivity contribution in [3.05, 3.63) is 64.2 Å². The average Bonchev–Trinajstić information content (AvgIpc) is 2.42. The van der Waals surface area contributed by atoms with Gasteiger partial charge in [0.2, 0.25) is 0 Å². The van der Waals surface area contributed by atoms with E-state index >= 15 is 0 Å². The van der Waals surface area contributed by atoms with Crippen molar-refractivity contribution < 1.29 is 4.79 Å². The van der Waals surface area contributed by atoms with Crippen molar-refractivity contribution in [2.24, 2.45) is 0 Å². The van der Waals surface area contributed by atoms with Gasteiger partial charge < -0.3 is 5.32 Å². The van der Waals surface area contributed by atoms with Crippen LogP contribution in [0.1, 0.15) is 21.5 Å². The van der Waals surface area contributed by atoms with Gasteiger partial charge in [-0.3, -0.25) is 4.79 Å². The van der Waals surface area contributed by atoms with Crippen LogP contribution in [0.25, 0.3) is 0 Å². The molecule has 2 aromatic carbocycles. The summed E-state index contributed by atoms with van der Waals surface area (Å²) < 4.78 is 0. The number of hydrogen-bond acceptors (Lipinski definition) is 2. The summed E-state index contributed by atoms with van der Waals surface area (Å²) in [5, 5.41) is 12.1. The lowest BCUT2D eigenvalue weighted by Crippen LogP contribution is -2.11. The summed E-state index contributed by atoms with van der Waals surface area (Å²) in [5.74, 6) is -0.204. The minimum absolute atomic E-state index is 0.204. The summed E-state index contributed by atoms with van der Waals surface area (Å²) in [6.07, 6.45) is 0. The predicted molar refractivity (Wildman–Crippen MR) is 75.3 cm³/mol. The van der Waals surface area contributed by atoms with Crippen molar-refractivity contribution in [1.82, 2.24) is 0 Å². The predicted octanol–water partition coefficient (Wildman–Crippen LogP) is 3.77. The maximum atomic E-state index is 12.0. The third-order valence-electron chi connectivity index (χ3n) is 2.69. The Hall–Kier alpha value is -2.31. The highest BCUT2D eigenvalue weighted by molar-refractivity contribution is 6.31. The number of nitrogens with zero attached hydrogens (tertiary/aromatic N) is 1. The van der Waals surface area contributed by atoms with Gasteiger partial charge in [-0.1, -0.05) is 11.6 Å². The molecule has 0 unspecified atom stereocenters. The molecule has 0 bridgehead atoms. The summed E-state index contributed by atoms with van der Waals surface area (Å²) in [6.45, 7) is 1.85. The van der Waals surface area contributed by atoms with Crippen molar-refractivity contribution in [1.29, 1.82) is 5.26 Å². The fourth-order valence-corrected chi connectivity index (χ4v) is 1.73. The fourth-order valence-electron chi connectivity index (χ4n) is 1.62. The minimum Gasteiger partial charge on any atom is -0.322 e. The Balaban J connectivity index is 2.16. The topological polar surface area (TPSA) is 52.9 Å². The van der Waals surface area contributed by atoms with Gasteiger partial charge in [-0.25, -0.2) is 0 Å². The van der Waals surface area contributed by atoms with Gasteiger partial charge in [-0.2, -0.15) is 5.26 Å². The third-order valence-corrected chi connectivity index (χ3v) is 3.12. The molecule has 1 amide bonds. The zero-order chi connectivity index (χ0) is 13.8. The second-order valence-electron chi connectivity index (χ2n) is 4.11. The number of carbonyl (C=O) groups excluding carboxylic acids is 1. The molecule has 19 heavy (non-hydrogen) atoms. The first kappa shape index (κ1) is 13.1. The molecule has 2 rings (SSSR count). The molecule has 0 spiro atoms. The molecule has 94 valence electrons. The highest BCUT2D eigenvalue weighted by Gasteiger charge is 2.07. The molecule has 0 heterocycles. The van der Waals surface area contributed by atoms with Crippen LogP contribution in [0.15, 0.2) is 42.5 Å². The van der Waals surface area contributed by atoms with Gasteiger partial charge in [-0.15, -0.1) is 0 Å². The number of nitrogens with one attached hydrogen (secondary N) is 1. The van der Waals surface area contributed by atoms with E-state index in [1.54, 1.807) is 42.5 Å². The lowest BCUT2D eigenvalue weighted by atomic mass is 10.1. The maximum absolute atomic E-state index is 12.0. The largest absolute Gasteiger partial charge is 0.322 e. The zero-order valence-corrected chi connectivity index (χ0v) is 11.0. The van der Waals surface area contributed by atoms with Crippen LogP contribution in [0.3, 0.4) is 0 Å². The quantitative estimate of drug-likeness (QED) is 0.903. The van der Waals surface area contributed by atoms with Crippen molar-refractivity contribution in [3.63, 3.8) is 0 Å². The zero-order valence-electron chi connectivity index (χ0n) is 10.3. The second kappa shape index (κ2) is 5.55. The van der Waals surface area contributed by atoms with Crippen LogP contribution in [0.5, 0.6) is 0 Å². The molecule has 0 radical (unpaired) electrons. The Morgan fingerprint density at radius 3 is 2.47 bits per heavy atom. The molecule has 0 aliphatic heterocycles. The monoisotopic (exact) mass is 270 g/mol. The minimum atomic E-state index is -0.204. The van der Waals surface area contributed by atoms with Crippen molar-refractivity contribution in [2.75, 3.05) is 5.32 Å². The third kappa shape index (κ3) is 3.12. The number of hydrogen-bond donors (Lipinski definition) is 1. The SMILES string of the molecule is Cc1cc(C(=O)Nc2ccc(C#N)cc2)ccc1Cl. The van der Waals surface area contributed by atoms with E-state index in [1.807, 2.05) is 13.0 Å². The van der Waals surface area contributed by atoms with Crippen LogP contribution in [-0.2, 0) is 0 Å². The van der Waals surface area contributed by atoms with Gasteiger partial charge in [0.1, 0.15) is 0 Å². The summed E-state index contributed by atoms with van der Waals surface area (Å²) in [6, 6.07) is 13.8. The van der Waals surface area contributed by atoms with Crippen LogP contribution in [-0.4, -0.2) is 5.91 Å². The van der Waals surface area contributed by atoms with Crippen molar-refractivity contribution >= 4 is 23.2 Å². The molecule has 4 heteroatoms. The summed E-state index contributed by atoms with van der Waals surface area (Å²) in [4.78, 5) is 12.0. The van der Waals surface area contributed by atoms with Gasteiger partial charge in [-0.05, 0) is 55.0 Å². The Labute approximate surface area is 116 Å². The molecule has 1 N–H and O–H groups in total. The van der Waals surface area contributed by atoms with E-state index in [0.29, 0.717) is 21.8 Å². The lowest BCUT2D eigenvalue weighted by Gasteiger charge is -2.06. The smallest absolute Gasteiger partial charge is 0.255 e. The van der Waals surface area contributed by atoms with E-state index in [-0.39, 0.29) is 5.91 Å². The lowest BCUT2D eigenvalue weighted by molar-refractivity contribution is 0.102. The molecule has 0 saturated carbocycles. The highest BCUT2D eigenvalue weighted by Crippen LogP contribution is 2.17. The Bertz CT molecular complexity index is 657. The van der Waals surface area contributed by atoms with E-state index < -0.39 is 0 Å². The molecular weight excluding hydrogens is 260 g/mol. The Morgan fingerprint density at radius 1 is 1.21 bits per heavy atom. The van der Waals surface area contributed by atoms with E-state index in [2.05, 4.69) is 5.32 Å². The van der Waals surface area contributed by atoms with Crippen LogP contribution < -0.4 is 5.32 Å².